The van der Waals surface area contributed by atoms with Crippen LogP contribution in [0.1, 0.15) is 78.6 Å². The maximum atomic E-state index is 11.6. The van der Waals surface area contributed by atoms with Crippen LogP contribution in [0.4, 0.5) is 0 Å². The van der Waals surface area contributed by atoms with Crippen LogP contribution in [0.15, 0.2) is 0 Å². The zero-order valence-electron chi connectivity index (χ0n) is 18.4. The van der Waals surface area contributed by atoms with Gasteiger partial charge in [-0.3, -0.25) is 0 Å². The second-order valence-electron chi connectivity index (χ2n) is 11.5. The van der Waals surface area contributed by atoms with Gasteiger partial charge in [-0.15, -0.1) is 0 Å². The molecule has 162 valence electrons. The Morgan fingerprint density at radius 1 is 0.964 bits per heavy atom. The fourth-order valence-electron chi connectivity index (χ4n) is 8.73. The molecule has 0 saturated heterocycles. The number of methoxy groups -OCH3 is 1. The highest BCUT2D eigenvalue weighted by Gasteiger charge is 2.66. The van der Waals surface area contributed by atoms with Crippen LogP contribution >= 0.6 is 0 Å². The maximum Gasteiger partial charge on any atom is 0.0883 e. The van der Waals surface area contributed by atoms with Crippen LogP contribution in [0.3, 0.4) is 0 Å². The van der Waals surface area contributed by atoms with Crippen LogP contribution in [-0.2, 0) is 4.74 Å². The Kier molecular flexibility index (Phi) is 5.22. The molecule has 0 heterocycles. The smallest absolute Gasteiger partial charge is 0.0883 e. The molecule has 4 heteroatoms. The third-order valence-electron chi connectivity index (χ3n) is 10.5. The van der Waals surface area contributed by atoms with Crippen LogP contribution < -0.4 is 0 Å². The van der Waals surface area contributed by atoms with Gasteiger partial charge in [0.15, 0.2) is 0 Å². The lowest BCUT2D eigenvalue weighted by molar-refractivity contribution is -0.188. The Bertz CT molecular complexity index is 595. The third-order valence-corrected chi connectivity index (χ3v) is 10.5. The van der Waals surface area contributed by atoms with Gasteiger partial charge in [0, 0.05) is 19.6 Å². The summed E-state index contributed by atoms with van der Waals surface area (Å²) in [6.45, 7) is 7.38. The van der Waals surface area contributed by atoms with E-state index in [1.807, 2.05) is 6.92 Å². The van der Waals surface area contributed by atoms with Gasteiger partial charge in [0.25, 0.3) is 0 Å². The minimum absolute atomic E-state index is 0.0512. The largest absolute Gasteiger partial charge is 0.396 e. The van der Waals surface area contributed by atoms with Gasteiger partial charge in [-0.2, -0.15) is 0 Å². The highest BCUT2D eigenvalue weighted by molar-refractivity contribution is 5.15. The molecular formula is C24H42O4. The second-order valence-corrected chi connectivity index (χ2v) is 11.5. The van der Waals surface area contributed by atoms with E-state index in [2.05, 4.69) is 13.8 Å². The Hall–Kier alpha value is -0.160. The van der Waals surface area contributed by atoms with Gasteiger partial charge >= 0.3 is 0 Å². The van der Waals surface area contributed by atoms with Crippen LogP contribution in [0.5, 0.6) is 0 Å². The van der Waals surface area contributed by atoms with Crippen molar-refractivity contribution in [3.63, 3.8) is 0 Å². The lowest BCUT2D eigenvalue weighted by atomic mass is 9.43. The van der Waals surface area contributed by atoms with Gasteiger partial charge in [-0.05, 0) is 92.3 Å². The molecule has 9 atom stereocenters. The molecule has 3 N–H and O–H groups in total. The van der Waals surface area contributed by atoms with Gasteiger partial charge in [0.1, 0.15) is 0 Å². The fraction of sp³-hybridized carbons (Fsp3) is 1.00. The number of aliphatic hydroxyl groups is 3. The molecule has 4 aliphatic rings. The van der Waals surface area contributed by atoms with E-state index in [9.17, 15) is 15.3 Å². The molecule has 4 rings (SSSR count). The number of fused-ring (bicyclic) bond motifs is 5. The normalized spacial score (nSPS) is 54.5. The van der Waals surface area contributed by atoms with Crippen LogP contribution in [0.2, 0.25) is 0 Å². The zero-order chi connectivity index (χ0) is 20.4. The van der Waals surface area contributed by atoms with Crippen molar-refractivity contribution in [2.45, 2.75) is 89.8 Å². The van der Waals surface area contributed by atoms with E-state index in [0.717, 1.165) is 38.5 Å². The number of hydrogen-bond donors (Lipinski definition) is 3. The van der Waals surface area contributed by atoms with Crippen molar-refractivity contribution in [1.82, 2.24) is 0 Å². The molecule has 0 spiro atoms. The first-order valence-corrected chi connectivity index (χ1v) is 11.7. The van der Waals surface area contributed by atoms with E-state index in [1.54, 1.807) is 7.11 Å². The van der Waals surface area contributed by atoms with Gasteiger partial charge in [-0.25, -0.2) is 0 Å². The summed E-state index contributed by atoms with van der Waals surface area (Å²) in [6.07, 6.45) is 9.47. The van der Waals surface area contributed by atoms with Crippen LogP contribution in [-0.4, -0.2) is 46.8 Å². The molecular weight excluding hydrogens is 352 g/mol. The topological polar surface area (TPSA) is 69.9 Å². The molecule has 0 aromatic rings. The number of ether oxygens (including phenoxy) is 1. The molecule has 28 heavy (non-hydrogen) atoms. The minimum atomic E-state index is -0.722. The summed E-state index contributed by atoms with van der Waals surface area (Å²) >= 11 is 0. The Labute approximate surface area is 171 Å². The van der Waals surface area contributed by atoms with E-state index in [1.165, 1.54) is 19.3 Å². The first kappa shape index (κ1) is 21.1. The summed E-state index contributed by atoms with van der Waals surface area (Å²) in [5.41, 5.74) is -1.11. The van der Waals surface area contributed by atoms with E-state index < -0.39 is 11.2 Å². The first-order chi connectivity index (χ1) is 13.1. The third kappa shape index (κ3) is 2.77. The Morgan fingerprint density at radius 3 is 2.36 bits per heavy atom. The van der Waals surface area contributed by atoms with E-state index in [-0.39, 0.29) is 17.9 Å². The molecule has 4 aliphatic carbocycles. The number of rotatable bonds is 4. The number of hydrogen-bond acceptors (Lipinski definition) is 4. The first-order valence-electron chi connectivity index (χ1n) is 11.7. The van der Waals surface area contributed by atoms with Crippen LogP contribution in [0.25, 0.3) is 0 Å². The SMILES string of the molecule is COC[C@@]1(O)CC[C@@]2(C)[C@H](CC[C@@H]3[C@@H]2CC[C@@]2(C)[C@H]3CC[C@]2(O)C(C)CO)C1. The molecule has 0 radical (unpaired) electrons. The maximum absolute atomic E-state index is 11.6. The van der Waals surface area contributed by atoms with Crippen molar-refractivity contribution in [3.05, 3.63) is 0 Å². The summed E-state index contributed by atoms with van der Waals surface area (Å²) in [4.78, 5) is 0. The molecule has 4 fully saturated rings. The molecule has 0 aromatic heterocycles. The fourth-order valence-corrected chi connectivity index (χ4v) is 8.73. The van der Waals surface area contributed by atoms with Gasteiger partial charge in [0.05, 0.1) is 17.8 Å². The minimum Gasteiger partial charge on any atom is -0.396 e. The van der Waals surface area contributed by atoms with Crippen molar-refractivity contribution < 1.29 is 20.1 Å². The number of aliphatic hydroxyl groups excluding tert-OH is 1. The summed E-state index contributed by atoms with van der Waals surface area (Å²) in [5.74, 6) is 2.51. The van der Waals surface area contributed by atoms with E-state index >= 15 is 0 Å². The molecule has 0 aromatic carbocycles. The Balaban J connectivity index is 1.58. The summed E-state index contributed by atoms with van der Waals surface area (Å²) in [6, 6.07) is 0. The van der Waals surface area contributed by atoms with Gasteiger partial charge in [0.2, 0.25) is 0 Å². The predicted molar refractivity (Wildman–Crippen MR) is 110 cm³/mol. The zero-order valence-corrected chi connectivity index (χ0v) is 18.4. The van der Waals surface area contributed by atoms with Gasteiger partial charge in [-0.1, -0.05) is 20.8 Å². The molecule has 4 nitrogen and oxygen atoms in total. The highest BCUT2D eigenvalue weighted by atomic mass is 16.5. The molecule has 0 bridgehead atoms. The lowest BCUT2D eigenvalue weighted by Crippen LogP contribution is -2.59. The van der Waals surface area contributed by atoms with Crippen molar-refractivity contribution >= 4 is 0 Å². The molecule has 4 saturated carbocycles. The highest BCUT2D eigenvalue weighted by Crippen LogP contribution is 2.69. The van der Waals surface area contributed by atoms with Gasteiger partial charge < -0.3 is 20.1 Å². The van der Waals surface area contributed by atoms with E-state index in [0.29, 0.717) is 35.7 Å². The molecule has 0 aliphatic heterocycles. The quantitative estimate of drug-likeness (QED) is 0.679. The predicted octanol–water partition coefficient (Wildman–Crippen LogP) is 3.77. The van der Waals surface area contributed by atoms with Crippen molar-refractivity contribution in [3.8, 4) is 0 Å². The molecule has 0 amide bonds. The van der Waals surface area contributed by atoms with E-state index in [4.69, 9.17) is 4.74 Å². The van der Waals surface area contributed by atoms with Crippen molar-refractivity contribution in [2.75, 3.05) is 20.3 Å². The standard InChI is InChI=1S/C24H42O4/c1-16(14-25)24(27)10-8-20-18-6-5-17-13-23(26,15-28-4)12-11-21(17,2)19(18)7-9-22(20,24)3/h16-20,25-27H,5-15H2,1-4H3/t16?,17-,18-,19+,20+,21+,22+,23-,24+/m1/s1. The summed E-state index contributed by atoms with van der Waals surface area (Å²) in [7, 11) is 1.69. The monoisotopic (exact) mass is 394 g/mol. The molecule has 1 unspecified atom stereocenters. The van der Waals surface area contributed by atoms with Crippen molar-refractivity contribution in [1.29, 1.82) is 0 Å². The lowest BCUT2D eigenvalue weighted by Gasteiger charge is -2.63. The summed E-state index contributed by atoms with van der Waals surface area (Å²) in [5, 5.41) is 32.4. The average Bonchev–Trinajstić information content (AvgIpc) is 2.94. The second kappa shape index (κ2) is 6.93. The average molecular weight is 395 g/mol. The Morgan fingerprint density at radius 2 is 1.68 bits per heavy atom. The summed E-state index contributed by atoms with van der Waals surface area (Å²) < 4.78 is 5.33. The van der Waals surface area contributed by atoms with Crippen LogP contribution in [0, 0.1) is 40.4 Å². The van der Waals surface area contributed by atoms with Crippen molar-refractivity contribution in [2.24, 2.45) is 40.4 Å².